The van der Waals surface area contributed by atoms with Crippen LogP contribution in [0, 0.1) is 6.92 Å². The van der Waals surface area contributed by atoms with E-state index in [-0.39, 0.29) is 0 Å². The van der Waals surface area contributed by atoms with Crippen molar-refractivity contribution in [2.24, 2.45) is 0 Å². The van der Waals surface area contributed by atoms with Crippen LogP contribution in [-0.2, 0) is 16.4 Å². The molecule has 1 rings (SSSR count). The van der Waals surface area contributed by atoms with Gasteiger partial charge in [-0.3, -0.25) is 0 Å². The molecule has 1 aromatic carbocycles. The predicted octanol–water partition coefficient (Wildman–Crippen LogP) is 1.97. The van der Waals surface area contributed by atoms with Crippen molar-refractivity contribution in [1.82, 2.24) is 4.31 Å². The molecular weight excluding hydrogens is 222 g/mol. The maximum absolute atomic E-state index is 12.0. The minimum absolute atomic E-state index is 0.372. The second kappa shape index (κ2) is 4.80. The average molecular weight is 239 g/mol. The van der Waals surface area contributed by atoms with Crippen molar-refractivity contribution in [2.45, 2.75) is 18.2 Å². The van der Waals surface area contributed by atoms with Crippen LogP contribution in [0.25, 0.3) is 0 Å². The Morgan fingerprint density at radius 3 is 2.50 bits per heavy atom. The van der Waals surface area contributed by atoms with Crippen LogP contribution >= 0.6 is 0 Å². The fraction of sp³-hybridized carbons (Fsp3) is 0.333. The molecule has 0 radical (unpaired) electrons. The molecule has 0 heterocycles. The van der Waals surface area contributed by atoms with Crippen molar-refractivity contribution in [3.05, 3.63) is 42.0 Å². The summed E-state index contributed by atoms with van der Waals surface area (Å²) >= 11 is 0. The fourth-order valence-electron chi connectivity index (χ4n) is 1.41. The Hall–Kier alpha value is -1.13. The Morgan fingerprint density at radius 1 is 1.38 bits per heavy atom. The van der Waals surface area contributed by atoms with Crippen molar-refractivity contribution < 1.29 is 8.42 Å². The molecule has 0 aliphatic heterocycles. The molecular formula is C12H17NO2S. The smallest absolute Gasteiger partial charge is 0.207 e. The van der Waals surface area contributed by atoms with Crippen LogP contribution < -0.4 is 0 Å². The molecule has 0 saturated heterocycles. The predicted molar refractivity (Wildman–Crippen MR) is 66.0 cm³/mol. The summed E-state index contributed by atoms with van der Waals surface area (Å²) in [5, 5.41) is 0. The Morgan fingerprint density at radius 2 is 2.00 bits per heavy atom. The van der Waals surface area contributed by atoms with E-state index >= 15 is 0 Å². The van der Waals surface area contributed by atoms with Gasteiger partial charge in [0.1, 0.15) is 0 Å². The van der Waals surface area contributed by atoms with Crippen LogP contribution in [0.1, 0.15) is 11.1 Å². The number of hydrogen-bond acceptors (Lipinski definition) is 2. The molecule has 1 aromatic rings. The van der Waals surface area contributed by atoms with Crippen molar-refractivity contribution in [2.75, 3.05) is 14.1 Å². The molecule has 0 aliphatic carbocycles. The lowest BCUT2D eigenvalue weighted by molar-refractivity contribution is 0.520. The molecule has 3 nitrogen and oxygen atoms in total. The summed E-state index contributed by atoms with van der Waals surface area (Å²) in [5.74, 6) is 0. The van der Waals surface area contributed by atoms with Gasteiger partial charge in [0.15, 0.2) is 0 Å². The first-order chi connectivity index (χ1) is 7.39. The molecule has 88 valence electrons. The second-order valence-corrected chi connectivity index (χ2v) is 6.00. The maximum atomic E-state index is 12.0. The number of allylic oxidation sites excluding steroid dienone is 1. The van der Waals surface area contributed by atoms with Gasteiger partial charge in [0.25, 0.3) is 0 Å². The van der Waals surface area contributed by atoms with Gasteiger partial charge in [-0.15, -0.1) is 6.58 Å². The topological polar surface area (TPSA) is 37.4 Å². The first-order valence-corrected chi connectivity index (χ1v) is 6.46. The highest BCUT2D eigenvalue weighted by molar-refractivity contribution is 7.89. The SMILES string of the molecule is C=CCc1ccc(C)c(S(=O)(=O)N(C)C)c1. The largest absolute Gasteiger partial charge is 0.242 e. The van der Waals surface area contributed by atoms with E-state index in [4.69, 9.17) is 0 Å². The molecule has 0 spiro atoms. The molecule has 0 unspecified atom stereocenters. The van der Waals surface area contributed by atoms with Crippen LogP contribution in [0.2, 0.25) is 0 Å². The molecule has 0 N–H and O–H groups in total. The minimum Gasteiger partial charge on any atom is -0.207 e. The number of hydrogen-bond donors (Lipinski definition) is 0. The maximum Gasteiger partial charge on any atom is 0.242 e. The van der Waals surface area contributed by atoms with Crippen molar-refractivity contribution in [3.8, 4) is 0 Å². The van der Waals surface area contributed by atoms with Crippen LogP contribution in [0.5, 0.6) is 0 Å². The molecule has 16 heavy (non-hydrogen) atoms. The van der Waals surface area contributed by atoms with Gasteiger partial charge in [-0.25, -0.2) is 12.7 Å². The molecule has 4 heteroatoms. The third-order valence-electron chi connectivity index (χ3n) is 2.39. The molecule has 0 bridgehead atoms. The van der Waals surface area contributed by atoms with Gasteiger partial charge in [-0.05, 0) is 30.5 Å². The molecule has 0 saturated carbocycles. The molecule has 0 aliphatic rings. The normalized spacial score (nSPS) is 11.8. The second-order valence-electron chi connectivity index (χ2n) is 3.88. The van der Waals surface area contributed by atoms with E-state index in [1.807, 2.05) is 12.1 Å². The molecule has 0 fully saturated rings. The highest BCUT2D eigenvalue weighted by atomic mass is 32.2. The van der Waals surface area contributed by atoms with Gasteiger partial charge in [0.2, 0.25) is 10.0 Å². The number of rotatable bonds is 4. The summed E-state index contributed by atoms with van der Waals surface area (Å²) in [6.45, 7) is 5.45. The van der Waals surface area contributed by atoms with Crippen LogP contribution in [-0.4, -0.2) is 26.8 Å². The van der Waals surface area contributed by atoms with Gasteiger partial charge in [-0.1, -0.05) is 18.2 Å². The lowest BCUT2D eigenvalue weighted by Gasteiger charge is -2.14. The van der Waals surface area contributed by atoms with Gasteiger partial charge < -0.3 is 0 Å². The Labute approximate surface area is 97.5 Å². The highest BCUT2D eigenvalue weighted by Crippen LogP contribution is 2.20. The Kier molecular flexibility index (Phi) is 3.88. The third kappa shape index (κ3) is 2.51. The van der Waals surface area contributed by atoms with E-state index in [9.17, 15) is 8.42 Å². The summed E-state index contributed by atoms with van der Waals surface area (Å²) in [6.07, 6.45) is 2.44. The van der Waals surface area contributed by atoms with Crippen LogP contribution in [0.3, 0.4) is 0 Å². The lowest BCUT2D eigenvalue weighted by Crippen LogP contribution is -2.23. The van der Waals surface area contributed by atoms with Crippen LogP contribution in [0.4, 0.5) is 0 Å². The van der Waals surface area contributed by atoms with Crippen molar-refractivity contribution in [3.63, 3.8) is 0 Å². The Bertz CT molecular complexity index is 490. The van der Waals surface area contributed by atoms with E-state index < -0.39 is 10.0 Å². The van der Waals surface area contributed by atoms with E-state index in [1.165, 1.54) is 18.4 Å². The summed E-state index contributed by atoms with van der Waals surface area (Å²) in [7, 11) is -0.276. The van der Waals surface area contributed by atoms with E-state index in [0.29, 0.717) is 11.3 Å². The summed E-state index contributed by atoms with van der Waals surface area (Å²) in [6, 6.07) is 5.47. The van der Waals surface area contributed by atoms with Crippen LogP contribution in [0.15, 0.2) is 35.7 Å². The van der Waals surface area contributed by atoms with Gasteiger partial charge >= 0.3 is 0 Å². The molecule has 0 aromatic heterocycles. The van der Waals surface area contributed by atoms with E-state index in [2.05, 4.69) is 6.58 Å². The lowest BCUT2D eigenvalue weighted by atomic mass is 10.1. The van der Waals surface area contributed by atoms with Gasteiger partial charge in [0, 0.05) is 14.1 Å². The summed E-state index contributed by atoms with van der Waals surface area (Å²) in [4.78, 5) is 0.372. The highest BCUT2D eigenvalue weighted by Gasteiger charge is 2.19. The third-order valence-corrected chi connectivity index (χ3v) is 4.35. The van der Waals surface area contributed by atoms with Crippen molar-refractivity contribution in [1.29, 1.82) is 0 Å². The summed E-state index contributed by atoms with van der Waals surface area (Å²) < 4.78 is 25.2. The number of nitrogens with zero attached hydrogens (tertiary/aromatic N) is 1. The monoisotopic (exact) mass is 239 g/mol. The van der Waals surface area contributed by atoms with E-state index in [0.717, 1.165) is 11.1 Å². The zero-order valence-electron chi connectivity index (χ0n) is 9.90. The standard InChI is InChI=1S/C12H17NO2S/c1-5-6-11-8-7-10(2)12(9-11)16(14,15)13(3)4/h5,7-9H,1,6H2,2-4H3. The molecule has 0 amide bonds. The number of benzene rings is 1. The van der Waals surface area contributed by atoms with Gasteiger partial charge in [0.05, 0.1) is 4.90 Å². The Balaban J connectivity index is 3.33. The quantitative estimate of drug-likeness (QED) is 0.753. The van der Waals surface area contributed by atoms with E-state index in [1.54, 1.807) is 19.1 Å². The minimum atomic E-state index is -3.35. The first kappa shape index (κ1) is 12.9. The zero-order valence-corrected chi connectivity index (χ0v) is 10.7. The fourth-order valence-corrected chi connectivity index (χ4v) is 2.58. The zero-order chi connectivity index (χ0) is 12.3. The molecule has 0 atom stereocenters. The summed E-state index contributed by atoms with van der Waals surface area (Å²) in [5.41, 5.74) is 1.72. The number of sulfonamides is 1. The number of aryl methyl sites for hydroxylation is 1. The average Bonchev–Trinajstić information content (AvgIpc) is 2.20. The first-order valence-electron chi connectivity index (χ1n) is 5.02. The van der Waals surface area contributed by atoms with Crippen molar-refractivity contribution >= 4 is 10.0 Å². The van der Waals surface area contributed by atoms with Gasteiger partial charge in [-0.2, -0.15) is 0 Å².